The van der Waals surface area contributed by atoms with Crippen molar-refractivity contribution in [3.05, 3.63) is 70.2 Å². The summed E-state index contributed by atoms with van der Waals surface area (Å²) in [5.74, 6) is 2.49. The number of amides is 2. The summed E-state index contributed by atoms with van der Waals surface area (Å²) in [5.41, 5.74) is 1.28. The molecule has 3 aromatic rings. The Bertz CT molecular complexity index is 1230. The minimum absolute atomic E-state index is 0.239. The Morgan fingerprint density at radius 1 is 1.00 bits per heavy atom. The number of carbonyl (C=O) groups excluding carboxylic acids is 1. The third-order valence-corrected chi connectivity index (χ3v) is 8.57. The fourth-order valence-electron chi connectivity index (χ4n) is 6.21. The summed E-state index contributed by atoms with van der Waals surface area (Å²) in [4.78, 5) is 17.9. The molecular weight excluding hydrogens is 519 g/mol. The number of hydrogen-bond donors (Lipinski definition) is 1. The van der Waals surface area contributed by atoms with E-state index in [2.05, 4.69) is 45.8 Å². The van der Waals surface area contributed by atoms with Crippen molar-refractivity contribution in [3.63, 3.8) is 0 Å². The van der Waals surface area contributed by atoms with Gasteiger partial charge in [0.2, 0.25) is 0 Å². The van der Waals surface area contributed by atoms with E-state index in [1.54, 1.807) is 23.1 Å². The van der Waals surface area contributed by atoms with Crippen LogP contribution in [0.15, 0.2) is 48.5 Å². The van der Waals surface area contributed by atoms with E-state index in [4.69, 9.17) is 23.2 Å². The molecule has 7 nitrogen and oxygen atoms in total. The van der Waals surface area contributed by atoms with Crippen molar-refractivity contribution in [2.24, 2.45) is 0 Å². The molecule has 2 fully saturated rings. The fourth-order valence-corrected chi connectivity index (χ4v) is 6.70. The summed E-state index contributed by atoms with van der Waals surface area (Å²) in [6.45, 7) is 8.02. The maximum absolute atomic E-state index is 13.4. The smallest absolute Gasteiger partial charge is 0.312 e. The van der Waals surface area contributed by atoms with Gasteiger partial charge < -0.3 is 9.88 Å². The summed E-state index contributed by atoms with van der Waals surface area (Å²) >= 11 is 12.6. The SMILES string of the molecule is Cc1nnc(C(C)C)n1C1C[C@H]2CC[C@H](C1)N2CCCN(C(=O)Nc1c(Cl)cccc1Cl)c1ccccc1. The number of nitrogens with one attached hydrogen (secondary N) is 1. The predicted molar refractivity (Wildman–Crippen MR) is 155 cm³/mol. The normalized spacial score (nSPS) is 21.2. The Balaban J connectivity index is 1.25. The molecule has 2 amide bonds. The molecule has 38 heavy (non-hydrogen) atoms. The van der Waals surface area contributed by atoms with E-state index in [0.29, 0.717) is 46.3 Å². The highest BCUT2D eigenvalue weighted by Gasteiger charge is 2.42. The van der Waals surface area contributed by atoms with Crippen molar-refractivity contribution in [2.45, 2.75) is 76.9 Å². The van der Waals surface area contributed by atoms with Crippen LogP contribution in [-0.2, 0) is 0 Å². The third-order valence-electron chi connectivity index (χ3n) is 7.94. The maximum Gasteiger partial charge on any atom is 0.326 e. The van der Waals surface area contributed by atoms with E-state index in [1.165, 1.54) is 12.8 Å². The van der Waals surface area contributed by atoms with E-state index in [1.807, 2.05) is 30.3 Å². The zero-order valence-electron chi connectivity index (χ0n) is 22.3. The van der Waals surface area contributed by atoms with Crippen molar-refractivity contribution in [2.75, 3.05) is 23.3 Å². The molecule has 2 aliphatic heterocycles. The summed E-state index contributed by atoms with van der Waals surface area (Å²) < 4.78 is 2.40. The molecule has 2 aromatic carbocycles. The molecule has 9 heteroatoms. The lowest BCUT2D eigenvalue weighted by molar-refractivity contribution is 0.104. The fraction of sp³-hybridized carbons (Fsp3) is 0.483. The van der Waals surface area contributed by atoms with Gasteiger partial charge in [-0.25, -0.2) is 4.79 Å². The van der Waals surface area contributed by atoms with Crippen LogP contribution in [-0.4, -0.2) is 50.9 Å². The first-order valence-corrected chi connectivity index (χ1v) is 14.3. The van der Waals surface area contributed by atoms with E-state index < -0.39 is 0 Å². The number of hydrogen-bond acceptors (Lipinski definition) is 4. The molecule has 2 aliphatic rings. The van der Waals surface area contributed by atoms with Crippen molar-refractivity contribution >= 4 is 40.6 Å². The van der Waals surface area contributed by atoms with Crippen molar-refractivity contribution in [1.82, 2.24) is 19.7 Å². The van der Waals surface area contributed by atoms with Gasteiger partial charge in [-0.15, -0.1) is 10.2 Å². The number of anilines is 2. The van der Waals surface area contributed by atoms with Crippen LogP contribution in [0.3, 0.4) is 0 Å². The molecule has 0 unspecified atom stereocenters. The standard InChI is InChI=1S/C29H36Cl2N6O/c1-19(2)28-34-33-20(3)37(28)24-17-22-13-14-23(18-24)35(22)15-8-16-36(21-9-5-4-6-10-21)29(38)32-27-25(30)11-7-12-26(27)31/h4-7,9-12,19,22-24H,8,13-18H2,1-3H3,(H,32,38)/t22-,23-/m1/s1. The molecule has 0 spiro atoms. The monoisotopic (exact) mass is 554 g/mol. The number of carbonyl (C=O) groups is 1. The minimum atomic E-state index is -0.239. The van der Waals surface area contributed by atoms with Crippen molar-refractivity contribution in [3.8, 4) is 0 Å². The molecule has 3 heterocycles. The molecule has 0 aliphatic carbocycles. The van der Waals surface area contributed by atoms with E-state index in [0.717, 1.165) is 43.1 Å². The van der Waals surface area contributed by atoms with Gasteiger partial charge >= 0.3 is 6.03 Å². The lowest BCUT2D eigenvalue weighted by Crippen LogP contribution is -2.45. The molecule has 0 saturated carbocycles. The second-order valence-electron chi connectivity index (χ2n) is 10.7. The maximum atomic E-state index is 13.4. The summed E-state index contributed by atoms with van der Waals surface area (Å²) in [6, 6.07) is 16.3. The molecule has 202 valence electrons. The second-order valence-corrected chi connectivity index (χ2v) is 11.6. The summed E-state index contributed by atoms with van der Waals surface area (Å²) in [7, 11) is 0. The van der Waals surface area contributed by atoms with Gasteiger partial charge in [0.05, 0.1) is 15.7 Å². The zero-order valence-corrected chi connectivity index (χ0v) is 23.8. The van der Waals surface area contributed by atoms with Crippen LogP contribution >= 0.6 is 23.2 Å². The van der Waals surface area contributed by atoms with Crippen LogP contribution < -0.4 is 10.2 Å². The van der Waals surface area contributed by atoms with Gasteiger partial charge in [0.1, 0.15) is 11.6 Å². The number of para-hydroxylation sites is 2. The first kappa shape index (κ1) is 27.0. The lowest BCUT2D eigenvalue weighted by Gasteiger charge is -2.40. The van der Waals surface area contributed by atoms with Gasteiger partial charge in [0.25, 0.3) is 0 Å². The molecular formula is C29H36Cl2N6O. The number of rotatable bonds is 8. The number of piperidine rings is 1. The van der Waals surface area contributed by atoms with Crippen LogP contribution in [0.2, 0.25) is 10.0 Å². The van der Waals surface area contributed by atoms with Gasteiger partial charge in [-0.1, -0.05) is 61.3 Å². The second kappa shape index (κ2) is 11.6. The van der Waals surface area contributed by atoms with Crippen molar-refractivity contribution in [1.29, 1.82) is 0 Å². The highest BCUT2D eigenvalue weighted by molar-refractivity contribution is 6.39. The number of urea groups is 1. The highest BCUT2D eigenvalue weighted by Crippen LogP contribution is 2.42. The minimum Gasteiger partial charge on any atom is -0.312 e. The number of halogens is 2. The number of aryl methyl sites for hydroxylation is 1. The predicted octanol–water partition coefficient (Wildman–Crippen LogP) is 7.31. The van der Waals surface area contributed by atoms with Crippen LogP contribution in [0, 0.1) is 6.92 Å². The quantitative estimate of drug-likeness (QED) is 0.317. The highest BCUT2D eigenvalue weighted by atomic mass is 35.5. The molecule has 2 bridgehead atoms. The Morgan fingerprint density at radius 2 is 1.66 bits per heavy atom. The Labute approximate surface area is 235 Å². The largest absolute Gasteiger partial charge is 0.326 e. The molecule has 0 radical (unpaired) electrons. The number of benzene rings is 2. The zero-order chi connectivity index (χ0) is 26.8. The number of fused-ring (bicyclic) bond motifs is 2. The van der Waals surface area contributed by atoms with E-state index >= 15 is 0 Å². The summed E-state index contributed by atoms with van der Waals surface area (Å²) in [5, 5.41) is 12.6. The first-order valence-electron chi connectivity index (χ1n) is 13.6. The van der Waals surface area contributed by atoms with Gasteiger partial charge in [-0.05, 0) is 63.3 Å². The molecule has 1 N–H and O–H groups in total. The van der Waals surface area contributed by atoms with Crippen LogP contribution in [0.4, 0.5) is 16.2 Å². The lowest BCUT2D eigenvalue weighted by atomic mass is 9.96. The topological polar surface area (TPSA) is 66.3 Å². The Morgan fingerprint density at radius 3 is 2.29 bits per heavy atom. The van der Waals surface area contributed by atoms with Crippen LogP contribution in [0.25, 0.3) is 0 Å². The number of aromatic nitrogens is 3. The summed E-state index contributed by atoms with van der Waals surface area (Å²) in [6.07, 6.45) is 5.59. The van der Waals surface area contributed by atoms with E-state index in [-0.39, 0.29) is 6.03 Å². The van der Waals surface area contributed by atoms with Crippen LogP contribution in [0.5, 0.6) is 0 Å². The van der Waals surface area contributed by atoms with Crippen molar-refractivity contribution < 1.29 is 4.79 Å². The Kier molecular flexibility index (Phi) is 8.26. The molecule has 1 aromatic heterocycles. The van der Waals surface area contributed by atoms with Gasteiger partial charge in [0, 0.05) is 42.8 Å². The van der Waals surface area contributed by atoms with Gasteiger partial charge in [0.15, 0.2) is 0 Å². The third kappa shape index (κ3) is 5.56. The van der Waals surface area contributed by atoms with Gasteiger partial charge in [-0.3, -0.25) is 9.80 Å². The molecule has 5 rings (SSSR count). The van der Waals surface area contributed by atoms with Crippen LogP contribution in [0.1, 0.15) is 69.6 Å². The number of nitrogens with zero attached hydrogens (tertiary/aromatic N) is 5. The average molecular weight is 556 g/mol. The molecule has 2 saturated heterocycles. The average Bonchev–Trinajstić information content (AvgIpc) is 3.39. The first-order chi connectivity index (χ1) is 18.3. The van der Waals surface area contributed by atoms with Gasteiger partial charge in [-0.2, -0.15) is 0 Å². The molecule has 2 atom stereocenters. The Hall–Kier alpha value is -2.61. The van der Waals surface area contributed by atoms with E-state index in [9.17, 15) is 4.79 Å².